The van der Waals surface area contributed by atoms with Gasteiger partial charge in [0, 0.05) is 0 Å². The molecule has 1 aliphatic carbocycles. The SMILES string of the molecule is CC.CC.[C-]#[N+]C1(O[Si](C)(C)C)c2ccccc2CCc2ccccc21. The van der Waals surface area contributed by atoms with Crippen LogP contribution in [0.3, 0.4) is 0 Å². The molecule has 0 atom stereocenters. The third-order valence-electron chi connectivity index (χ3n) is 4.04. The standard InChI is InChI=1S/C19H21NOSi.2C2H6/c1-20-19(21-22(2,3)4)17-11-7-5-9-15(17)13-14-16-10-6-8-12-18(16)19;2*1-2/h5-12H,13-14H2,2-4H3;2*1-2H3. The van der Waals surface area contributed by atoms with Crippen molar-refractivity contribution in [3.8, 4) is 0 Å². The minimum absolute atomic E-state index is 0.958. The number of nitrogens with zero attached hydrogens (tertiary/aromatic N) is 1. The van der Waals surface area contributed by atoms with Crippen LogP contribution >= 0.6 is 0 Å². The first-order valence-corrected chi connectivity index (χ1v) is 13.1. The number of rotatable bonds is 2. The molecule has 0 N–H and O–H groups in total. The summed E-state index contributed by atoms with van der Waals surface area (Å²) < 4.78 is 6.53. The van der Waals surface area contributed by atoms with E-state index in [0.29, 0.717) is 0 Å². The Morgan fingerprint density at radius 1 is 0.808 bits per heavy atom. The lowest BCUT2D eigenvalue weighted by Crippen LogP contribution is -2.40. The summed E-state index contributed by atoms with van der Waals surface area (Å²) in [5.41, 5.74) is 3.52. The minimum Gasteiger partial charge on any atom is -0.343 e. The predicted molar refractivity (Wildman–Crippen MR) is 115 cm³/mol. The van der Waals surface area contributed by atoms with Gasteiger partial charge in [-0.2, -0.15) is 0 Å². The van der Waals surface area contributed by atoms with Crippen molar-refractivity contribution in [1.29, 1.82) is 0 Å². The van der Waals surface area contributed by atoms with E-state index < -0.39 is 14.0 Å². The molecule has 2 nitrogen and oxygen atoms in total. The second-order valence-corrected chi connectivity index (χ2v) is 11.2. The van der Waals surface area contributed by atoms with Gasteiger partial charge in [0.25, 0.3) is 0 Å². The molecule has 0 radical (unpaired) electrons. The van der Waals surface area contributed by atoms with Crippen LogP contribution in [0, 0.1) is 6.57 Å². The lowest BCUT2D eigenvalue weighted by atomic mass is 9.91. The number of hydrogen-bond donors (Lipinski definition) is 0. The van der Waals surface area contributed by atoms with Crippen molar-refractivity contribution in [2.75, 3.05) is 0 Å². The Labute approximate surface area is 161 Å². The zero-order valence-electron chi connectivity index (χ0n) is 17.4. The highest BCUT2D eigenvalue weighted by molar-refractivity contribution is 6.69. The van der Waals surface area contributed by atoms with Gasteiger partial charge in [-0.3, -0.25) is 4.85 Å². The molecule has 2 aromatic rings. The fourth-order valence-corrected chi connectivity index (χ4v) is 4.40. The molecule has 26 heavy (non-hydrogen) atoms. The van der Waals surface area contributed by atoms with Gasteiger partial charge in [0.15, 0.2) is 8.32 Å². The zero-order chi connectivity index (χ0) is 19.8. The topological polar surface area (TPSA) is 13.6 Å². The summed E-state index contributed by atoms with van der Waals surface area (Å²) in [6.45, 7) is 22.5. The van der Waals surface area contributed by atoms with Crippen molar-refractivity contribution in [2.45, 2.75) is 65.9 Å². The molecule has 1 aliphatic rings. The Morgan fingerprint density at radius 2 is 1.19 bits per heavy atom. The molecule has 0 unspecified atom stereocenters. The fourth-order valence-electron chi connectivity index (χ4n) is 3.25. The van der Waals surface area contributed by atoms with Gasteiger partial charge in [-0.1, -0.05) is 64.1 Å². The van der Waals surface area contributed by atoms with Crippen LogP contribution in [0.15, 0.2) is 48.5 Å². The number of hydrogen-bond acceptors (Lipinski definition) is 1. The van der Waals surface area contributed by atoms with E-state index in [-0.39, 0.29) is 0 Å². The van der Waals surface area contributed by atoms with Crippen LogP contribution < -0.4 is 0 Å². The summed E-state index contributed by atoms with van der Waals surface area (Å²) in [7, 11) is -1.91. The van der Waals surface area contributed by atoms with Crippen molar-refractivity contribution >= 4 is 8.32 Å². The number of aryl methyl sites for hydroxylation is 2. The van der Waals surface area contributed by atoms with Crippen LogP contribution in [-0.2, 0) is 23.0 Å². The normalized spacial score (nSPS) is 14.1. The smallest absolute Gasteiger partial charge is 0.343 e. The second-order valence-electron chi connectivity index (χ2n) is 6.78. The molecule has 0 fully saturated rings. The average Bonchev–Trinajstić information content (AvgIpc) is 2.80. The van der Waals surface area contributed by atoms with Gasteiger partial charge in [0.2, 0.25) is 0 Å². The van der Waals surface area contributed by atoms with Gasteiger partial charge in [0.1, 0.15) is 0 Å². The Hall–Kier alpha value is -1.89. The lowest BCUT2D eigenvalue weighted by molar-refractivity contribution is 0.152. The highest BCUT2D eigenvalue weighted by Gasteiger charge is 2.49. The molecular formula is C23H33NOSi. The first kappa shape index (κ1) is 22.1. The van der Waals surface area contributed by atoms with Gasteiger partial charge in [0.05, 0.1) is 11.1 Å². The van der Waals surface area contributed by atoms with Crippen LogP contribution in [-0.4, -0.2) is 8.32 Å². The van der Waals surface area contributed by atoms with Crippen molar-refractivity contribution in [1.82, 2.24) is 0 Å². The van der Waals surface area contributed by atoms with Gasteiger partial charge in [-0.05, 0) is 55.7 Å². The molecule has 0 aromatic heterocycles. The van der Waals surface area contributed by atoms with Crippen molar-refractivity contribution in [3.63, 3.8) is 0 Å². The molecule has 0 saturated carbocycles. The van der Waals surface area contributed by atoms with E-state index in [2.05, 4.69) is 60.9 Å². The highest BCUT2D eigenvalue weighted by atomic mass is 28.4. The first-order valence-electron chi connectivity index (χ1n) is 9.72. The van der Waals surface area contributed by atoms with E-state index in [1.54, 1.807) is 0 Å². The quantitative estimate of drug-likeness (QED) is 0.420. The van der Waals surface area contributed by atoms with Crippen LogP contribution in [0.5, 0.6) is 0 Å². The molecule has 0 amide bonds. The van der Waals surface area contributed by atoms with E-state index in [1.807, 2.05) is 39.8 Å². The maximum atomic E-state index is 8.01. The predicted octanol–water partition coefficient (Wildman–Crippen LogP) is 6.81. The Morgan fingerprint density at radius 3 is 1.54 bits per heavy atom. The van der Waals surface area contributed by atoms with Gasteiger partial charge in [-0.25, -0.2) is 6.57 Å². The van der Waals surface area contributed by atoms with Crippen molar-refractivity contribution in [2.24, 2.45) is 0 Å². The average molecular weight is 368 g/mol. The summed E-state index contributed by atoms with van der Waals surface area (Å²) in [6.07, 6.45) is 1.92. The molecule has 3 heteroatoms. The molecule has 2 aromatic carbocycles. The van der Waals surface area contributed by atoms with Crippen LogP contribution in [0.1, 0.15) is 49.9 Å². The third kappa shape index (κ3) is 4.63. The molecule has 0 bridgehead atoms. The molecular weight excluding hydrogens is 334 g/mol. The number of fused-ring (bicyclic) bond motifs is 2. The Bertz CT molecular complexity index is 693. The van der Waals surface area contributed by atoms with E-state index in [4.69, 9.17) is 11.0 Å². The van der Waals surface area contributed by atoms with Crippen LogP contribution in [0.4, 0.5) is 0 Å². The molecule has 0 heterocycles. The summed E-state index contributed by atoms with van der Waals surface area (Å²) in [4.78, 5) is 4.07. The van der Waals surface area contributed by atoms with Crippen LogP contribution in [0.2, 0.25) is 19.6 Å². The lowest BCUT2D eigenvalue weighted by Gasteiger charge is -2.30. The zero-order valence-corrected chi connectivity index (χ0v) is 18.4. The van der Waals surface area contributed by atoms with Crippen molar-refractivity contribution < 1.29 is 4.43 Å². The molecule has 140 valence electrons. The van der Waals surface area contributed by atoms with E-state index >= 15 is 0 Å². The fraction of sp³-hybridized carbons (Fsp3) is 0.435. The maximum Gasteiger partial charge on any atom is 0.382 e. The molecule has 0 spiro atoms. The van der Waals surface area contributed by atoms with Crippen molar-refractivity contribution in [3.05, 3.63) is 82.2 Å². The van der Waals surface area contributed by atoms with E-state index in [0.717, 1.165) is 24.0 Å². The first-order chi connectivity index (χ1) is 12.5. The summed E-state index contributed by atoms with van der Waals surface area (Å²) in [5.74, 6) is 0. The largest absolute Gasteiger partial charge is 0.382 e. The summed E-state index contributed by atoms with van der Waals surface area (Å²) in [6, 6.07) is 16.5. The summed E-state index contributed by atoms with van der Waals surface area (Å²) >= 11 is 0. The van der Waals surface area contributed by atoms with Gasteiger partial charge >= 0.3 is 5.72 Å². The molecule has 0 aliphatic heterocycles. The molecule has 3 rings (SSSR count). The van der Waals surface area contributed by atoms with Gasteiger partial charge in [-0.15, -0.1) is 0 Å². The monoisotopic (exact) mass is 367 g/mol. The van der Waals surface area contributed by atoms with Gasteiger partial charge < -0.3 is 4.43 Å². The summed E-state index contributed by atoms with van der Waals surface area (Å²) in [5, 5.41) is 0. The second kappa shape index (κ2) is 9.71. The number of benzene rings is 2. The van der Waals surface area contributed by atoms with E-state index in [1.165, 1.54) is 11.1 Å². The van der Waals surface area contributed by atoms with Crippen LogP contribution in [0.25, 0.3) is 4.85 Å². The molecule has 0 saturated heterocycles. The highest BCUT2D eigenvalue weighted by Crippen LogP contribution is 2.43. The van der Waals surface area contributed by atoms with E-state index in [9.17, 15) is 0 Å². The maximum absolute atomic E-state index is 8.01. The third-order valence-corrected chi connectivity index (χ3v) is 4.95. The Balaban J connectivity index is 0.000000791. The minimum atomic E-state index is -1.91. The Kier molecular flexibility index (Phi) is 8.27.